The lowest BCUT2D eigenvalue weighted by Crippen LogP contribution is -2.42. The maximum Gasteiger partial charge on any atom is 0.256 e. The maximum absolute atomic E-state index is 13.8. The summed E-state index contributed by atoms with van der Waals surface area (Å²) in [5, 5.41) is 10.4. The molecule has 0 aromatic heterocycles. The van der Waals surface area contributed by atoms with Crippen molar-refractivity contribution in [3.8, 4) is 0 Å². The smallest absolute Gasteiger partial charge is 0.256 e. The SMILES string of the molecule is O=C(c1cc(F)ccc1F)N1CCC([C@H](O)Cc2ccccc2)CC1. The fourth-order valence-corrected chi connectivity index (χ4v) is 3.34. The number of aliphatic hydroxyl groups is 1. The van der Waals surface area contributed by atoms with Crippen LogP contribution in [0.1, 0.15) is 28.8 Å². The van der Waals surface area contributed by atoms with E-state index >= 15 is 0 Å². The molecular weight excluding hydrogens is 324 g/mol. The highest BCUT2D eigenvalue weighted by molar-refractivity contribution is 5.94. The van der Waals surface area contributed by atoms with E-state index < -0.39 is 23.6 Å². The van der Waals surface area contributed by atoms with Gasteiger partial charge < -0.3 is 10.0 Å². The van der Waals surface area contributed by atoms with E-state index in [1.807, 2.05) is 30.3 Å². The lowest BCUT2D eigenvalue weighted by molar-refractivity contribution is 0.0464. The van der Waals surface area contributed by atoms with Crippen molar-refractivity contribution < 1.29 is 18.7 Å². The van der Waals surface area contributed by atoms with Gasteiger partial charge in [-0.25, -0.2) is 8.78 Å². The second-order valence-corrected chi connectivity index (χ2v) is 6.51. The Morgan fingerprint density at radius 2 is 1.80 bits per heavy atom. The Balaban J connectivity index is 1.58. The molecule has 3 rings (SSSR count). The maximum atomic E-state index is 13.8. The predicted molar refractivity (Wildman–Crippen MR) is 91.1 cm³/mol. The molecule has 1 heterocycles. The summed E-state index contributed by atoms with van der Waals surface area (Å²) in [4.78, 5) is 13.9. The van der Waals surface area contributed by atoms with E-state index in [2.05, 4.69) is 0 Å². The number of rotatable bonds is 4. The highest BCUT2D eigenvalue weighted by Gasteiger charge is 2.29. The van der Waals surface area contributed by atoms with Gasteiger partial charge >= 0.3 is 0 Å². The van der Waals surface area contributed by atoms with Crippen LogP contribution in [0.4, 0.5) is 8.78 Å². The standard InChI is InChI=1S/C20H21F2NO2/c21-16-6-7-18(22)17(13-16)20(25)23-10-8-15(9-11-23)19(24)12-14-4-2-1-3-5-14/h1-7,13,15,19,24H,8-12H2/t19-/m1/s1. The van der Waals surface area contributed by atoms with Gasteiger partial charge in [-0.15, -0.1) is 0 Å². The number of halogens is 2. The average Bonchev–Trinajstić information content (AvgIpc) is 2.64. The molecule has 2 aromatic rings. The second kappa shape index (κ2) is 7.74. The summed E-state index contributed by atoms with van der Waals surface area (Å²) < 4.78 is 27.0. The van der Waals surface area contributed by atoms with Gasteiger partial charge in [-0.2, -0.15) is 0 Å². The molecule has 0 radical (unpaired) electrons. The van der Waals surface area contributed by atoms with Crippen LogP contribution in [0.25, 0.3) is 0 Å². The first-order valence-corrected chi connectivity index (χ1v) is 8.51. The third-order valence-electron chi connectivity index (χ3n) is 4.82. The average molecular weight is 345 g/mol. The number of piperidine rings is 1. The largest absolute Gasteiger partial charge is 0.392 e. The van der Waals surface area contributed by atoms with Crippen molar-refractivity contribution in [1.29, 1.82) is 0 Å². The van der Waals surface area contributed by atoms with E-state index in [1.54, 1.807) is 0 Å². The van der Waals surface area contributed by atoms with Crippen molar-refractivity contribution in [3.63, 3.8) is 0 Å². The molecule has 0 unspecified atom stereocenters. The molecule has 1 aliphatic rings. The van der Waals surface area contributed by atoms with Gasteiger partial charge in [0.05, 0.1) is 11.7 Å². The van der Waals surface area contributed by atoms with Gasteiger partial charge in [0.2, 0.25) is 0 Å². The normalized spacial score (nSPS) is 16.7. The summed E-state index contributed by atoms with van der Waals surface area (Å²) in [6.07, 6.45) is 1.41. The number of benzene rings is 2. The summed E-state index contributed by atoms with van der Waals surface area (Å²) in [5.41, 5.74) is 0.846. The molecule has 5 heteroatoms. The molecule has 2 aromatic carbocycles. The lowest BCUT2D eigenvalue weighted by Gasteiger charge is -2.34. The molecule has 1 amide bonds. The van der Waals surface area contributed by atoms with E-state index in [4.69, 9.17) is 0 Å². The molecule has 0 saturated carbocycles. The summed E-state index contributed by atoms with van der Waals surface area (Å²) in [7, 11) is 0. The first-order valence-electron chi connectivity index (χ1n) is 8.51. The van der Waals surface area contributed by atoms with Crippen LogP contribution in [0, 0.1) is 17.6 Å². The van der Waals surface area contributed by atoms with Crippen molar-refractivity contribution in [1.82, 2.24) is 4.90 Å². The quantitative estimate of drug-likeness (QED) is 0.922. The predicted octanol–water partition coefficient (Wildman–Crippen LogP) is 3.42. The topological polar surface area (TPSA) is 40.5 Å². The molecule has 3 nitrogen and oxygen atoms in total. The van der Waals surface area contributed by atoms with Gasteiger partial charge in [-0.05, 0) is 48.9 Å². The number of amides is 1. The van der Waals surface area contributed by atoms with Crippen molar-refractivity contribution in [2.45, 2.75) is 25.4 Å². The minimum absolute atomic E-state index is 0.0987. The van der Waals surface area contributed by atoms with E-state index in [0.29, 0.717) is 32.4 Å². The molecule has 25 heavy (non-hydrogen) atoms. The number of carbonyl (C=O) groups is 1. The monoisotopic (exact) mass is 345 g/mol. The van der Waals surface area contributed by atoms with Crippen molar-refractivity contribution in [2.75, 3.05) is 13.1 Å². The Bertz CT molecular complexity index is 728. The Hall–Kier alpha value is -2.27. The zero-order valence-corrected chi connectivity index (χ0v) is 13.9. The third-order valence-corrected chi connectivity index (χ3v) is 4.82. The second-order valence-electron chi connectivity index (χ2n) is 6.51. The first kappa shape index (κ1) is 17.5. The van der Waals surface area contributed by atoms with Crippen molar-refractivity contribution >= 4 is 5.91 Å². The van der Waals surface area contributed by atoms with Crippen LogP contribution in [0.3, 0.4) is 0 Å². The molecular formula is C20H21F2NO2. The number of aliphatic hydroxyl groups excluding tert-OH is 1. The molecule has 0 bridgehead atoms. The van der Waals surface area contributed by atoms with Crippen LogP contribution in [0.15, 0.2) is 48.5 Å². The van der Waals surface area contributed by atoms with Crippen LogP contribution in [-0.2, 0) is 6.42 Å². The van der Waals surface area contributed by atoms with E-state index in [0.717, 1.165) is 23.8 Å². The van der Waals surface area contributed by atoms with Crippen molar-refractivity contribution in [2.24, 2.45) is 5.92 Å². The van der Waals surface area contributed by atoms with Gasteiger partial charge in [0.15, 0.2) is 0 Å². The van der Waals surface area contributed by atoms with E-state index in [1.165, 1.54) is 4.90 Å². The molecule has 1 atom stereocenters. The summed E-state index contributed by atoms with van der Waals surface area (Å²) in [6.45, 7) is 0.872. The Morgan fingerprint density at radius 1 is 1.12 bits per heavy atom. The molecule has 1 aliphatic heterocycles. The van der Waals surface area contributed by atoms with E-state index in [9.17, 15) is 18.7 Å². The Kier molecular flexibility index (Phi) is 5.43. The molecule has 132 valence electrons. The molecule has 0 spiro atoms. The van der Waals surface area contributed by atoms with Gasteiger partial charge in [0.25, 0.3) is 5.91 Å². The highest BCUT2D eigenvalue weighted by Crippen LogP contribution is 2.24. The van der Waals surface area contributed by atoms with Crippen LogP contribution in [0.2, 0.25) is 0 Å². The van der Waals surface area contributed by atoms with Crippen LogP contribution >= 0.6 is 0 Å². The van der Waals surface area contributed by atoms with Crippen LogP contribution in [-0.4, -0.2) is 35.1 Å². The fraction of sp³-hybridized carbons (Fsp3) is 0.350. The summed E-state index contributed by atoms with van der Waals surface area (Å²) in [5.74, 6) is -1.73. The number of likely N-dealkylation sites (tertiary alicyclic amines) is 1. The number of nitrogens with zero attached hydrogens (tertiary/aromatic N) is 1. The van der Waals surface area contributed by atoms with Crippen LogP contribution in [0.5, 0.6) is 0 Å². The zero-order chi connectivity index (χ0) is 17.8. The summed E-state index contributed by atoms with van der Waals surface area (Å²) >= 11 is 0. The van der Waals surface area contributed by atoms with Crippen molar-refractivity contribution in [3.05, 3.63) is 71.3 Å². The molecule has 1 fully saturated rings. The van der Waals surface area contributed by atoms with Gasteiger partial charge in [0, 0.05) is 13.1 Å². The molecule has 0 aliphatic carbocycles. The number of hydrogen-bond acceptors (Lipinski definition) is 2. The number of hydrogen-bond donors (Lipinski definition) is 1. The minimum atomic E-state index is -0.711. The Labute approximate surface area is 145 Å². The fourth-order valence-electron chi connectivity index (χ4n) is 3.34. The highest BCUT2D eigenvalue weighted by atomic mass is 19.1. The first-order chi connectivity index (χ1) is 12.0. The van der Waals surface area contributed by atoms with E-state index in [-0.39, 0.29) is 11.5 Å². The van der Waals surface area contributed by atoms with Gasteiger partial charge in [-0.1, -0.05) is 30.3 Å². The molecule has 1 saturated heterocycles. The number of carbonyl (C=O) groups excluding carboxylic acids is 1. The van der Waals surface area contributed by atoms with Crippen LogP contribution < -0.4 is 0 Å². The zero-order valence-electron chi connectivity index (χ0n) is 13.9. The Morgan fingerprint density at radius 3 is 2.48 bits per heavy atom. The lowest BCUT2D eigenvalue weighted by atomic mass is 9.87. The minimum Gasteiger partial charge on any atom is -0.392 e. The van der Waals surface area contributed by atoms with Gasteiger partial charge in [0.1, 0.15) is 11.6 Å². The van der Waals surface area contributed by atoms with Gasteiger partial charge in [-0.3, -0.25) is 4.79 Å². The third kappa shape index (κ3) is 4.23. The summed E-state index contributed by atoms with van der Waals surface area (Å²) in [6, 6.07) is 12.7. The molecule has 1 N–H and O–H groups in total.